The second-order valence-corrected chi connectivity index (χ2v) is 11.8. The molecular formula is C35H26BrFN4O3S. The number of anilines is 2. The third kappa shape index (κ3) is 8.75. The van der Waals surface area contributed by atoms with E-state index in [4.69, 9.17) is 0 Å². The molecule has 45 heavy (non-hydrogen) atoms. The zero-order valence-corrected chi connectivity index (χ0v) is 26.0. The van der Waals surface area contributed by atoms with Gasteiger partial charge in [0.25, 0.3) is 11.8 Å². The van der Waals surface area contributed by atoms with E-state index in [0.717, 1.165) is 10.5 Å². The second-order valence-electron chi connectivity index (χ2n) is 9.67. The van der Waals surface area contributed by atoms with Gasteiger partial charge in [-0.15, -0.1) is 11.8 Å². The monoisotopic (exact) mass is 680 g/mol. The summed E-state index contributed by atoms with van der Waals surface area (Å²) in [4.78, 5) is 44.4. The molecule has 0 aliphatic heterocycles. The minimum atomic E-state index is -0.683. The normalized spacial score (nSPS) is 11.7. The Balaban J connectivity index is 1.32. The average molecular weight is 682 g/mol. The minimum Gasteiger partial charge on any atom is -0.322 e. The molecule has 3 N–H and O–H groups in total. The lowest BCUT2D eigenvalue weighted by Gasteiger charge is -2.18. The molecule has 0 fully saturated rings. The van der Waals surface area contributed by atoms with Crippen LogP contribution in [0.25, 0.3) is 6.08 Å². The van der Waals surface area contributed by atoms with Gasteiger partial charge in [-0.3, -0.25) is 19.4 Å². The second kappa shape index (κ2) is 15.1. The summed E-state index contributed by atoms with van der Waals surface area (Å²) < 4.78 is 15.0. The molecule has 1 aromatic heterocycles. The van der Waals surface area contributed by atoms with Crippen LogP contribution in [0.15, 0.2) is 143 Å². The first-order valence-electron chi connectivity index (χ1n) is 13.7. The number of rotatable bonds is 10. The van der Waals surface area contributed by atoms with Crippen molar-refractivity contribution >= 4 is 62.9 Å². The van der Waals surface area contributed by atoms with Crippen molar-refractivity contribution in [2.75, 3.05) is 10.6 Å². The molecule has 3 amide bonds. The van der Waals surface area contributed by atoms with Crippen molar-refractivity contribution in [3.05, 3.63) is 160 Å². The van der Waals surface area contributed by atoms with Crippen molar-refractivity contribution in [3.8, 4) is 0 Å². The molecule has 0 spiro atoms. The smallest absolute Gasteiger partial charge is 0.272 e. The number of carbonyl (C=O) groups is 3. The molecule has 5 aromatic rings. The van der Waals surface area contributed by atoms with Gasteiger partial charge in [-0.05, 0) is 77.9 Å². The van der Waals surface area contributed by atoms with Gasteiger partial charge < -0.3 is 16.0 Å². The number of hydrogen-bond acceptors (Lipinski definition) is 5. The van der Waals surface area contributed by atoms with Crippen molar-refractivity contribution in [2.24, 2.45) is 0 Å². The highest BCUT2D eigenvalue weighted by Gasteiger charge is 2.23. The predicted molar refractivity (Wildman–Crippen MR) is 179 cm³/mol. The maximum absolute atomic E-state index is 14.5. The van der Waals surface area contributed by atoms with Crippen LogP contribution >= 0.6 is 27.7 Å². The molecule has 5 rings (SSSR count). The van der Waals surface area contributed by atoms with Gasteiger partial charge in [0, 0.05) is 33.0 Å². The molecule has 224 valence electrons. The Morgan fingerprint density at radius 3 is 2.20 bits per heavy atom. The molecule has 7 nitrogen and oxygen atoms in total. The Hall–Kier alpha value is -5.06. The summed E-state index contributed by atoms with van der Waals surface area (Å²) in [7, 11) is 0. The summed E-state index contributed by atoms with van der Waals surface area (Å²) in [6.07, 6.45) is 4.74. The number of aromatic nitrogens is 1. The van der Waals surface area contributed by atoms with E-state index < -0.39 is 22.9 Å². The van der Waals surface area contributed by atoms with Crippen LogP contribution in [0.3, 0.4) is 0 Å². The van der Waals surface area contributed by atoms with Gasteiger partial charge in [0.1, 0.15) is 16.8 Å². The van der Waals surface area contributed by atoms with Crippen molar-refractivity contribution in [2.45, 2.75) is 10.1 Å². The molecule has 0 aliphatic carbocycles. The van der Waals surface area contributed by atoms with Crippen LogP contribution in [0.1, 0.15) is 26.7 Å². The fourth-order valence-electron chi connectivity index (χ4n) is 4.21. The van der Waals surface area contributed by atoms with Crippen molar-refractivity contribution in [1.82, 2.24) is 10.3 Å². The Morgan fingerprint density at radius 1 is 0.822 bits per heavy atom. The highest BCUT2D eigenvalue weighted by molar-refractivity contribution is 9.10. The summed E-state index contributed by atoms with van der Waals surface area (Å²) in [5.74, 6) is -1.89. The largest absolute Gasteiger partial charge is 0.322 e. The summed E-state index contributed by atoms with van der Waals surface area (Å²) in [6, 6.07) is 32.7. The standard InChI is InChI=1S/C35H26BrFN4O3S/c36-26-13-18-30(29(37)21-26)40-35(44)32(24-9-3-1-4-10-24)45-28-16-14-27(15-17-28)39-34(43)31(20-23-8-7-19-38-22-23)41-33(42)25-11-5-2-6-12-25/h1-22,32H,(H,39,43)(H,40,44)(H,41,42)/b31-20-. The third-order valence-electron chi connectivity index (χ3n) is 6.42. The van der Waals surface area contributed by atoms with Crippen LogP contribution in [0.4, 0.5) is 15.8 Å². The van der Waals surface area contributed by atoms with E-state index in [1.807, 2.05) is 30.3 Å². The SMILES string of the molecule is O=C(Nc1ccc(SC(C(=O)Nc2ccc(Br)cc2F)c2ccccc2)cc1)/C(=C/c1cccnc1)NC(=O)c1ccccc1. The third-order valence-corrected chi connectivity index (χ3v) is 8.18. The predicted octanol–water partition coefficient (Wildman–Crippen LogP) is 7.86. The molecule has 0 saturated heterocycles. The molecule has 1 atom stereocenters. The average Bonchev–Trinajstić information content (AvgIpc) is 3.06. The molecule has 1 unspecified atom stereocenters. The van der Waals surface area contributed by atoms with Gasteiger partial charge >= 0.3 is 0 Å². The van der Waals surface area contributed by atoms with Gasteiger partial charge in [0.2, 0.25) is 5.91 Å². The van der Waals surface area contributed by atoms with Crippen LogP contribution in [-0.2, 0) is 9.59 Å². The number of hydrogen-bond donors (Lipinski definition) is 3. The number of amides is 3. The van der Waals surface area contributed by atoms with Crippen molar-refractivity contribution < 1.29 is 18.8 Å². The van der Waals surface area contributed by atoms with Crippen LogP contribution in [0.2, 0.25) is 0 Å². The number of nitrogens with zero attached hydrogens (tertiary/aromatic N) is 1. The molecule has 1 heterocycles. The molecule has 0 saturated carbocycles. The van der Waals surface area contributed by atoms with Gasteiger partial charge in [-0.25, -0.2) is 4.39 Å². The number of halogens is 2. The molecule has 10 heteroatoms. The highest BCUT2D eigenvalue weighted by Crippen LogP contribution is 2.37. The van der Waals surface area contributed by atoms with E-state index >= 15 is 0 Å². The minimum absolute atomic E-state index is 0.0382. The number of thioether (sulfide) groups is 1. The maximum atomic E-state index is 14.5. The highest BCUT2D eigenvalue weighted by atomic mass is 79.9. The van der Waals surface area contributed by atoms with E-state index in [9.17, 15) is 18.8 Å². The Bertz CT molecular complexity index is 1820. The van der Waals surface area contributed by atoms with E-state index in [-0.39, 0.29) is 17.3 Å². The summed E-state index contributed by atoms with van der Waals surface area (Å²) in [5.41, 5.74) is 2.38. The lowest BCUT2D eigenvalue weighted by Crippen LogP contribution is -2.30. The number of carbonyl (C=O) groups excluding carboxylic acids is 3. The first-order valence-corrected chi connectivity index (χ1v) is 15.4. The molecule has 0 aliphatic rings. The van der Waals surface area contributed by atoms with E-state index in [1.54, 1.807) is 91.3 Å². The quantitative estimate of drug-likeness (QED) is 0.103. The van der Waals surface area contributed by atoms with Gasteiger partial charge in [-0.1, -0.05) is 70.5 Å². The summed E-state index contributed by atoms with van der Waals surface area (Å²) in [5, 5.41) is 7.53. The van der Waals surface area contributed by atoms with Crippen molar-refractivity contribution in [1.29, 1.82) is 0 Å². The van der Waals surface area contributed by atoms with E-state index in [2.05, 4.69) is 36.9 Å². The lowest BCUT2D eigenvalue weighted by molar-refractivity contribution is -0.116. The van der Waals surface area contributed by atoms with Crippen LogP contribution < -0.4 is 16.0 Å². The number of pyridine rings is 1. The number of nitrogens with one attached hydrogen (secondary N) is 3. The fraction of sp³-hybridized carbons (Fsp3) is 0.0286. The fourth-order valence-corrected chi connectivity index (χ4v) is 5.57. The van der Waals surface area contributed by atoms with Crippen LogP contribution in [-0.4, -0.2) is 22.7 Å². The molecule has 4 aromatic carbocycles. The van der Waals surface area contributed by atoms with Gasteiger partial charge in [0.15, 0.2) is 0 Å². The van der Waals surface area contributed by atoms with Crippen LogP contribution in [0.5, 0.6) is 0 Å². The topological polar surface area (TPSA) is 100 Å². The Morgan fingerprint density at radius 2 is 1.53 bits per heavy atom. The van der Waals surface area contributed by atoms with Crippen molar-refractivity contribution in [3.63, 3.8) is 0 Å². The molecule has 0 bridgehead atoms. The summed E-state index contributed by atoms with van der Waals surface area (Å²) in [6.45, 7) is 0. The first kappa shape index (κ1) is 31.4. The lowest BCUT2D eigenvalue weighted by atomic mass is 10.1. The number of benzene rings is 4. The van der Waals surface area contributed by atoms with Gasteiger partial charge in [-0.2, -0.15) is 0 Å². The van der Waals surface area contributed by atoms with Gasteiger partial charge in [0.05, 0.1) is 5.69 Å². The molecular weight excluding hydrogens is 655 g/mol. The Labute approximate surface area is 272 Å². The zero-order chi connectivity index (χ0) is 31.6. The van der Waals surface area contributed by atoms with E-state index in [0.29, 0.717) is 21.3 Å². The first-order chi connectivity index (χ1) is 21.9. The molecule has 0 radical (unpaired) electrons. The van der Waals surface area contributed by atoms with E-state index in [1.165, 1.54) is 23.9 Å². The zero-order valence-electron chi connectivity index (χ0n) is 23.6. The van der Waals surface area contributed by atoms with Crippen LogP contribution in [0, 0.1) is 5.82 Å². The maximum Gasteiger partial charge on any atom is 0.272 e. The summed E-state index contributed by atoms with van der Waals surface area (Å²) >= 11 is 4.52. The Kier molecular flexibility index (Phi) is 10.5.